The standard InChI is InChI=1S/C22H13Br2NO4/c1-12(26)28-20-17(23)9-13(10-18(20)24)11-19-22(27)29-21(25-19)16-8-4-6-14-5-2-3-7-15(14)16/h2-11H,1H3/b19-11-. The zero-order valence-corrected chi connectivity index (χ0v) is 18.3. The molecule has 1 aliphatic rings. The second kappa shape index (κ2) is 7.93. The van der Waals surface area contributed by atoms with E-state index in [-0.39, 0.29) is 11.6 Å². The summed E-state index contributed by atoms with van der Waals surface area (Å²) in [5.41, 5.74) is 1.63. The fourth-order valence-corrected chi connectivity index (χ4v) is 4.38. The van der Waals surface area contributed by atoms with Crippen molar-refractivity contribution >= 4 is 66.5 Å². The number of benzene rings is 3. The minimum absolute atomic E-state index is 0.187. The lowest BCUT2D eigenvalue weighted by atomic mass is 10.0. The van der Waals surface area contributed by atoms with Crippen LogP contribution in [0.1, 0.15) is 18.1 Å². The molecular weight excluding hydrogens is 502 g/mol. The summed E-state index contributed by atoms with van der Waals surface area (Å²) < 4.78 is 11.7. The number of hydrogen-bond donors (Lipinski definition) is 0. The van der Waals surface area contributed by atoms with Crippen LogP contribution in [0.4, 0.5) is 0 Å². The van der Waals surface area contributed by atoms with Crippen LogP contribution in [0.15, 0.2) is 74.2 Å². The van der Waals surface area contributed by atoms with E-state index in [2.05, 4.69) is 36.9 Å². The molecule has 5 nitrogen and oxygen atoms in total. The van der Waals surface area contributed by atoms with E-state index in [1.54, 1.807) is 18.2 Å². The Kier molecular flexibility index (Phi) is 5.34. The Morgan fingerprint density at radius 3 is 2.48 bits per heavy atom. The number of hydrogen-bond acceptors (Lipinski definition) is 5. The lowest BCUT2D eigenvalue weighted by molar-refractivity contribution is -0.132. The highest BCUT2D eigenvalue weighted by Crippen LogP contribution is 2.36. The number of carbonyl (C=O) groups excluding carboxylic acids is 2. The van der Waals surface area contributed by atoms with Gasteiger partial charge in [-0.3, -0.25) is 4.79 Å². The Balaban J connectivity index is 1.73. The number of cyclic esters (lactones) is 1. The molecule has 0 fully saturated rings. The van der Waals surface area contributed by atoms with Crippen LogP contribution in [-0.2, 0) is 14.3 Å². The minimum Gasteiger partial charge on any atom is -0.424 e. The van der Waals surface area contributed by atoms with E-state index < -0.39 is 11.9 Å². The molecule has 7 heteroatoms. The summed E-state index contributed by atoms with van der Waals surface area (Å²) in [4.78, 5) is 28.0. The molecule has 0 saturated heterocycles. The van der Waals surface area contributed by atoms with E-state index >= 15 is 0 Å². The molecule has 0 bridgehead atoms. The molecule has 3 aromatic carbocycles. The number of nitrogens with zero attached hydrogens (tertiary/aromatic N) is 1. The Hall–Kier alpha value is -2.77. The summed E-state index contributed by atoms with van der Waals surface area (Å²) in [6.07, 6.45) is 1.62. The van der Waals surface area contributed by atoms with Crippen LogP contribution in [0.25, 0.3) is 16.8 Å². The molecule has 0 saturated carbocycles. The van der Waals surface area contributed by atoms with Crippen LogP contribution in [0.3, 0.4) is 0 Å². The number of fused-ring (bicyclic) bond motifs is 1. The lowest BCUT2D eigenvalue weighted by Crippen LogP contribution is -2.06. The van der Waals surface area contributed by atoms with E-state index in [0.29, 0.717) is 20.3 Å². The second-order valence-corrected chi connectivity index (χ2v) is 7.98. The zero-order chi connectivity index (χ0) is 20.5. The van der Waals surface area contributed by atoms with Gasteiger partial charge in [-0.05, 0) is 72.5 Å². The molecular formula is C22H13Br2NO4. The first-order chi connectivity index (χ1) is 13.9. The van der Waals surface area contributed by atoms with E-state index in [4.69, 9.17) is 9.47 Å². The topological polar surface area (TPSA) is 65.0 Å². The van der Waals surface area contributed by atoms with Crippen LogP contribution >= 0.6 is 31.9 Å². The predicted octanol–water partition coefficient (Wildman–Crippen LogP) is 5.63. The van der Waals surface area contributed by atoms with Crippen LogP contribution in [0.2, 0.25) is 0 Å². The van der Waals surface area contributed by atoms with Crippen molar-refractivity contribution in [3.05, 3.63) is 80.4 Å². The van der Waals surface area contributed by atoms with Gasteiger partial charge in [0.25, 0.3) is 0 Å². The number of halogens is 2. The molecule has 0 unspecified atom stereocenters. The van der Waals surface area contributed by atoms with E-state index in [1.165, 1.54) is 6.92 Å². The normalized spacial score (nSPS) is 14.8. The number of aliphatic imine (C=N–C) groups is 1. The first-order valence-electron chi connectivity index (χ1n) is 8.60. The average molecular weight is 515 g/mol. The maximum Gasteiger partial charge on any atom is 0.363 e. The highest BCUT2D eigenvalue weighted by atomic mass is 79.9. The highest BCUT2D eigenvalue weighted by molar-refractivity contribution is 9.11. The van der Waals surface area contributed by atoms with Crippen LogP contribution < -0.4 is 4.74 Å². The number of ether oxygens (including phenoxy) is 2. The van der Waals surface area contributed by atoms with Gasteiger partial charge in [-0.1, -0.05) is 36.4 Å². The van der Waals surface area contributed by atoms with Gasteiger partial charge in [0.05, 0.1) is 8.95 Å². The largest absolute Gasteiger partial charge is 0.424 e. The van der Waals surface area contributed by atoms with E-state index in [9.17, 15) is 9.59 Å². The Labute approximate surface area is 183 Å². The van der Waals surface area contributed by atoms with Gasteiger partial charge in [0.2, 0.25) is 5.90 Å². The summed E-state index contributed by atoms with van der Waals surface area (Å²) in [5.74, 6) is -0.313. The van der Waals surface area contributed by atoms with Crippen molar-refractivity contribution in [2.24, 2.45) is 4.99 Å². The third-order valence-corrected chi connectivity index (χ3v) is 5.39. The fraction of sp³-hybridized carbons (Fsp3) is 0.0455. The van der Waals surface area contributed by atoms with Crippen molar-refractivity contribution in [2.45, 2.75) is 6.92 Å². The van der Waals surface area contributed by atoms with Crippen LogP contribution in [0, 0.1) is 0 Å². The van der Waals surface area contributed by atoms with Gasteiger partial charge >= 0.3 is 11.9 Å². The van der Waals surface area contributed by atoms with Crippen molar-refractivity contribution in [3.8, 4) is 5.75 Å². The van der Waals surface area contributed by atoms with Crippen molar-refractivity contribution in [3.63, 3.8) is 0 Å². The molecule has 1 aliphatic heterocycles. The quantitative estimate of drug-likeness (QED) is 0.258. The third-order valence-electron chi connectivity index (χ3n) is 4.21. The predicted molar refractivity (Wildman–Crippen MR) is 118 cm³/mol. The summed E-state index contributed by atoms with van der Waals surface area (Å²) in [6.45, 7) is 1.33. The maximum atomic E-state index is 12.4. The van der Waals surface area contributed by atoms with Gasteiger partial charge in [0.15, 0.2) is 11.4 Å². The monoisotopic (exact) mass is 513 g/mol. The molecule has 0 radical (unpaired) electrons. The van der Waals surface area contributed by atoms with Gasteiger partial charge in [-0.25, -0.2) is 9.79 Å². The SMILES string of the molecule is CC(=O)Oc1c(Br)cc(/C=C2\N=C(c3cccc4ccccc34)OC2=O)cc1Br. The van der Waals surface area contributed by atoms with Crippen molar-refractivity contribution < 1.29 is 19.1 Å². The Morgan fingerprint density at radius 2 is 1.76 bits per heavy atom. The number of esters is 2. The average Bonchev–Trinajstić information content (AvgIpc) is 3.04. The molecule has 144 valence electrons. The van der Waals surface area contributed by atoms with Crippen molar-refractivity contribution in [1.82, 2.24) is 0 Å². The molecule has 4 rings (SSSR count). The first-order valence-corrected chi connectivity index (χ1v) is 10.2. The molecule has 0 N–H and O–H groups in total. The number of rotatable bonds is 3. The van der Waals surface area contributed by atoms with Gasteiger partial charge in [0, 0.05) is 12.5 Å². The Bertz CT molecular complexity index is 1200. The summed E-state index contributed by atoms with van der Waals surface area (Å²) in [7, 11) is 0. The Morgan fingerprint density at radius 1 is 1.07 bits per heavy atom. The van der Waals surface area contributed by atoms with Gasteiger partial charge in [-0.2, -0.15) is 0 Å². The molecule has 29 heavy (non-hydrogen) atoms. The molecule has 0 spiro atoms. The fourth-order valence-electron chi connectivity index (χ4n) is 3.00. The van der Waals surface area contributed by atoms with Crippen molar-refractivity contribution in [1.29, 1.82) is 0 Å². The van der Waals surface area contributed by atoms with E-state index in [0.717, 1.165) is 16.3 Å². The first kappa shape index (κ1) is 19.5. The summed E-state index contributed by atoms with van der Waals surface area (Å²) >= 11 is 6.76. The molecule has 0 aliphatic carbocycles. The van der Waals surface area contributed by atoms with Gasteiger partial charge in [-0.15, -0.1) is 0 Å². The smallest absolute Gasteiger partial charge is 0.363 e. The molecule has 0 atom stereocenters. The summed E-state index contributed by atoms with van der Waals surface area (Å²) in [6, 6.07) is 17.1. The highest BCUT2D eigenvalue weighted by Gasteiger charge is 2.25. The lowest BCUT2D eigenvalue weighted by Gasteiger charge is -2.08. The molecule has 0 aromatic heterocycles. The minimum atomic E-state index is -0.524. The van der Waals surface area contributed by atoms with Crippen molar-refractivity contribution in [2.75, 3.05) is 0 Å². The number of carbonyl (C=O) groups is 2. The second-order valence-electron chi connectivity index (χ2n) is 6.27. The van der Waals surface area contributed by atoms with Crippen LogP contribution in [-0.4, -0.2) is 17.8 Å². The molecule has 0 amide bonds. The van der Waals surface area contributed by atoms with Gasteiger partial charge < -0.3 is 9.47 Å². The van der Waals surface area contributed by atoms with E-state index in [1.807, 2.05) is 42.5 Å². The molecule has 1 heterocycles. The molecule has 3 aromatic rings. The maximum absolute atomic E-state index is 12.4. The third kappa shape index (κ3) is 4.02. The zero-order valence-electron chi connectivity index (χ0n) is 15.1. The van der Waals surface area contributed by atoms with Gasteiger partial charge in [0.1, 0.15) is 0 Å². The summed E-state index contributed by atoms with van der Waals surface area (Å²) in [5, 5.41) is 1.99. The van der Waals surface area contributed by atoms with Crippen LogP contribution in [0.5, 0.6) is 5.75 Å².